The molecule has 4 atom stereocenters. The molecule has 2 amide bonds. The number of phenolic OH excluding ortho intramolecular Hbond substituents is 1. The highest BCUT2D eigenvalue weighted by molar-refractivity contribution is 6.38. The second-order valence-corrected chi connectivity index (χ2v) is 11.6. The third-order valence-electron chi connectivity index (χ3n) is 8.40. The molecule has 3 unspecified atom stereocenters. The number of likely N-dealkylation sites (N-methyl/N-ethyl adjacent to an activating group) is 1. The average Bonchev–Trinajstić information content (AvgIpc) is 2.91. The SMILES string of the molecule is CCN(CC)OC(=O)Nc1c(O)c2c(c(N(C)C)c1Cl)CC1CC3[C@H](N(C)C)C(O)=C(C(N)=O)C(=O)C3(O)C(O)=C1C2=O. The molecule has 15 heteroatoms. The van der Waals surface area contributed by atoms with E-state index >= 15 is 0 Å². The first-order valence-corrected chi connectivity index (χ1v) is 14.0. The van der Waals surface area contributed by atoms with Crippen molar-refractivity contribution in [2.75, 3.05) is 51.5 Å². The molecular formula is C28H36ClN5O9. The number of Topliss-reactive ketones (excluding diaryl/α,β-unsaturated/α-hetero) is 2. The summed E-state index contributed by atoms with van der Waals surface area (Å²) in [6.07, 6.45) is -1.02. The summed E-state index contributed by atoms with van der Waals surface area (Å²) in [6.45, 7) is 4.30. The van der Waals surface area contributed by atoms with Crippen molar-refractivity contribution >= 4 is 46.5 Å². The number of nitrogens with one attached hydrogen (secondary N) is 1. The number of carbonyl (C=O) groups excluding carboxylic acids is 4. The number of hydrogen-bond acceptors (Lipinski definition) is 12. The summed E-state index contributed by atoms with van der Waals surface area (Å²) >= 11 is 6.69. The van der Waals surface area contributed by atoms with E-state index < -0.39 is 69.9 Å². The Morgan fingerprint density at radius 2 is 1.72 bits per heavy atom. The van der Waals surface area contributed by atoms with Crippen LogP contribution in [0.1, 0.15) is 36.2 Å². The molecule has 14 nitrogen and oxygen atoms in total. The van der Waals surface area contributed by atoms with Crippen LogP contribution in [0.5, 0.6) is 5.75 Å². The van der Waals surface area contributed by atoms with Gasteiger partial charge in [0.25, 0.3) is 5.91 Å². The van der Waals surface area contributed by atoms with Gasteiger partial charge >= 0.3 is 6.09 Å². The molecule has 0 bridgehead atoms. The van der Waals surface area contributed by atoms with Gasteiger partial charge in [-0.1, -0.05) is 11.6 Å². The summed E-state index contributed by atoms with van der Waals surface area (Å²) in [7, 11) is 6.41. The summed E-state index contributed by atoms with van der Waals surface area (Å²) in [5, 5.41) is 49.2. The Bertz CT molecular complexity index is 1480. The summed E-state index contributed by atoms with van der Waals surface area (Å²) < 4.78 is 0. The molecule has 0 fully saturated rings. The van der Waals surface area contributed by atoms with Crippen molar-refractivity contribution in [2.24, 2.45) is 17.6 Å². The molecule has 3 aliphatic rings. The maximum atomic E-state index is 14.1. The van der Waals surface area contributed by atoms with Crippen molar-refractivity contribution in [3.63, 3.8) is 0 Å². The number of allylic oxidation sites excluding steroid dienone is 1. The van der Waals surface area contributed by atoms with E-state index in [0.29, 0.717) is 24.3 Å². The minimum Gasteiger partial charge on any atom is -0.510 e. The van der Waals surface area contributed by atoms with Gasteiger partial charge in [-0.05, 0) is 52.3 Å². The van der Waals surface area contributed by atoms with Gasteiger partial charge in [-0.2, -0.15) is 0 Å². The molecule has 0 aliphatic heterocycles. The van der Waals surface area contributed by atoms with E-state index in [1.807, 2.05) is 0 Å². The smallest absolute Gasteiger partial charge is 0.430 e. The van der Waals surface area contributed by atoms with Crippen LogP contribution < -0.4 is 16.0 Å². The van der Waals surface area contributed by atoms with E-state index in [2.05, 4.69) is 5.32 Å². The van der Waals surface area contributed by atoms with Gasteiger partial charge in [0.2, 0.25) is 5.78 Å². The van der Waals surface area contributed by atoms with Gasteiger partial charge in [0, 0.05) is 38.7 Å². The van der Waals surface area contributed by atoms with Gasteiger partial charge in [0.05, 0.1) is 22.3 Å². The molecule has 0 heterocycles. The van der Waals surface area contributed by atoms with Gasteiger partial charge in [-0.3, -0.25) is 24.6 Å². The standard InChI is InChI=1S/C28H36ClN5O9/c1-7-34(8-2)43-27(41)31-18-17(29)19(32(3)4)12-9-11-10-13-20(33(5)6)23(37)16(26(30)40)25(39)28(13,42)24(38)14(11)21(35)15(12)22(18)36/h11,13,20,36-38,42H,7-10H2,1-6H3,(H2,30,40)(H,31,41)/t11?,13?,20-,28?/m0/s1. The van der Waals surface area contributed by atoms with Crippen molar-refractivity contribution in [1.82, 2.24) is 9.96 Å². The number of benzene rings is 1. The van der Waals surface area contributed by atoms with Crippen LogP contribution in [0.3, 0.4) is 0 Å². The summed E-state index contributed by atoms with van der Waals surface area (Å²) in [6, 6.07) is -1.11. The number of nitrogens with two attached hydrogens (primary N) is 1. The number of primary amides is 1. The molecule has 234 valence electrons. The number of hydrogen-bond donors (Lipinski definition) is 6. The quantitative estimate of drug-likeness (QED) is 0.146. The molecule has 7 N–H and O–H groups in total. The number of ketones is 2. The summed E-state index contributed by atoms with van der Waals surface area (Å²) in [5.41, 5.74) is 1.38. The maximum Gasteiger partial charge on any atom is 0.430 e. The molecule has 3 aliphatic carbocycles. The number of amides is 2. The van der Waals surface area contributed by atoms with Crippen molar-refractivity contribution in [2.45, 2.75) is 38.3 Å². The second-order valence-electron chi connectivity index (χ2n) is 11.2. The third kappa shape index (κ3) is 4.78. The minimum absolute atomic E-state index is 0.0273. The number of aliphatic hydroxyl groups excluding tert-OH is 2. The number of nitrogens with zero attached hydrogens (tertiary/aromatic N) is 3. The molecule has 0 saturated heterocycles. The van der Waals surface area contributed by atoms with E-state index in [4.69, 9.17) is 22.2 Å². The second kappa shape index (κ2) is 11.3. The van der Waals surface area contributed by atoms with E-state index in [1.54, 1.807) is 46.9 Å². The Morgan fingerprint density at radius 1 is 1.12 bits per heavy atom. The highest BCUT2D eigenvalue weighted by atomic mass is 35.5. The number of rotatable bonds is 7. The molecular weight excluding hydrogens is 586 g/mol. The maximum absolute atomic E-state index is 14.1. The van der Waals surface area contributed by atoms with Crippen LogP contribution in [0.25, 0.3) is 0 Å². The first-order chi connectivity index (χ1) is 20.0. The first kappa shape index (κ1) is 32.1. The zero-order chi connectivity index (χ0) is 32.3. The number of hydroxylamine groups is 2. The molecule has 43 heavy (non-hydrogen) atoms. The van der Waals surface area contributed by atoms with Gasteiger partial charge < -0.3 is 35.9 Å². The summed E-state index contributed by atoms with van der Waals surface area (Å²) in [4.78, 5) is 60.7. The lowest BCUT2D eigenvalue weighted by atomic mass is 9.58. The summed E-state index contributed by atoms with van der Waals surface area (Å²) in [5.74, 6) is -7.86. The van der Waals surface area contributed by atoms with E-state index in [0.717, 1.165) is 0 Å². The van der Waals surface area contributed by atoms with Crippen molar-refractivity contribution in [3.05, 3.63) is 38.8 Å². The predicted molar refractivity (Wildman–Crippen MR) is 156 cm³/mol. The van der Waals surface area contributed by atoms with Crippen molar-refractivity contribution in [1.29, 1.82) is 0 Å². The lowest BCUT2D eigenvalue weighted by Gasteiger charge is -2.50. The zero-order valence-electron chi connectivity index (χ0n) is 24.7. The highest BCUT2D eigenvalue weighted by Crippen LogP contribution is 2.55. The number of aliphatic hydroxyl groups is 3. The fourth-order valence-corrected chi connectivity index (χ4v) is 6.93. The first-order valence-electron chi connectivity index (χ1n) is 13.7. The minimum atomic E-state index is -2.77. The molecule has 0 saturated carbocycles. The van der Waals surface area contributed by atoms with Crippen LogP contribution in [0.2, 0.25) is 5.02 Å². The molecule has 0 radical (unpaired) electrons. The predicted octanol–water partition coefficient (Wildman–Crippen LogP) is 1.65. The van der Waals surface area contributed by atoms with E-state index in [-0.39, 0.29) is 34.7 Å². The molecule has 0 aromatic heterocycles. The largest absolute Gasteiger partial charge is 0.510 e. The average molecular weight is 622 g/mol. The fraction of sp³-hybridized carbons (Fsp3) is 0.500. The Kier molecular flexibility index (Phi) is 8.46. The number of phenols is 1. The Labute approximate surface area is 252 Å². The number of anilines is 2. The van der Waals surface area contributed by atoms with Gasteiger partial charge in [0.1, 0.15) is 22.8 Å². The van der Waals surface area contributed by atoms with Crippen LogP contribution in [-0.2, 0) is 20.8 Å². The molecule has 1 aromatic rings. The van der Waals surface area contributed by atoms with Crippen LogP contribution >= 0.6 is 11.6 Å². The van der Waals surface area contributed by atoms with Crippen LogP contribution in [-0.4, -0.2) is 107 Å². The fourth-order valence-electron chi connectivity index (χ4n) is 6.51. The van der Waals surface area contributed by atoms with E-state index in [9.17, 15) is 39.6 Å². The molecule has 0 spiro atoms. The Hall–Kier alpha value is -3.85. The molecule has 1 aromatic carbocycles. The number of carbonyl (C=O) groups is 4. The number of aromatic hydroxyl groups is 1. The van der Waals surface area contributed by atoms with Crippen LogP contribution in [0.4, 0.5) is 16.2 Å². The van der Waals surface area contributed by atoms with E-state index in [1.165, 1.54) is 9.96 Å². The Balaban J connectivity index is 1.92. The lowest BCUT2D eigenvalue weighted by Crippen LogP contribution is -2.63. The highest BCUT2D eigenvalue weighted by Gasteiger charge is 2.63. The zero-order valence-corrected chi connectivity index (χ0v) is 25.4. The van der Waals surface area contributed by atoms with Gasteiger partial charge in [0.15, 0.2) is 17.1 Å². The van der Waals surface area contributed by atoms with Crippen LogP contribution in [0.15, 0.2) is 22.7 Å². The number of halogens is 1. The normalized spacial score (nSPS) is 25.0. The Morgan fingerprint density at radius 3 is 2.23 bits per heavy atom. The van der Waals surface area contributed by atoms with Crippen molar-refractivity contribution < 1.29 is 44.4 Å². The topological polar surface area (TPSA) is 206 Å². The van der Waals surface area contributed by atoms with Crippen molar-refractivity contribution in [3.8, 4) is 5.75 Å². The van der Waals surface area contributed by atoms with Gasteiger partial charge in [-0.15, -0.1) is 5.06 Å². The third-order valence-corrected chi connectivity index (χ3v) is 8.76. The van der Waals surface area contributed by atoms with Crippen LogP contribution in [0, 0.1) is 11.8 Å². The molecule has 4 rings (SSSR count). The lowest BCUT2D eigenvalue weighted by molar-refractivity contribution is -0.148. The number of fused-ring (bicyclic) bond motifs is 3. The monoisotopic (exact) mass is 621 g/mol. The van der Waals surface area contributed by atoms with Gasteiger partial charge in [-0.25, -0.2) is 4.79 Å².